The fourth-order valence-electron chi connectivity index (χ4n) is 1.34. The number of nitrogens with two attached hydrogens (primary N) is 1. The van der Waals surface area contributed by atoms with Crippen molar-refractivity contribution in [3.8, 4) is 0 Å². The monoisotopic (exact) mass is 272 g/mol. The molecular weight excluding hydrogens is 256 g/mol. The number of nitrogens with one attached hydrogen (secondary N) is 1. The van der Waals surface area contributed by atoms with Gasteiger partial charge in [0.15, 0.2) is 0 Å². The average molecular weight is 273 g/mol. The molecule has 0 saturated carbocycles. The molecule has 0 aliphatic rings. The zero-order valence-corrected chi connectivity index (χ0v) is 11.4. The van der Waals surface area contributed by atoms with E-state index in [0.29, 0.717) is 18.0 Å². The molecule has 0 aliphatic heterocycles. The van der Waals surface area contributed by atoms with E-state index in [1.807, 2.05) is 24.5 Å². The van der Waals surface area contributed by atoms with Crippen LogP contribution in [-0.2, 0) is 11.3 Å². The van der Waals surface area contributed by atoms with E-state index in [0.717, 1.165) is 11.3 Å². The van der Waals surface area contributed by atoms with Crippen molar-refractivity contribution in [2.75, 3.05) is 12.0 Å². The highest BCUT2D eigenvalue weighted by Crippen LogP contribution is 2.10. The predicted octanol–water partition coefficient (Wildman–Crippen LogP) is 2.04. The summed E-state index contributed by atoms with van der Waals surface area (Å²) in [5, 5.41) is 3.47. The Bertz CT molecular complexity index is 373. The molecule has 3 N–H and O–H groups in total. The van der Waals surface area contributed by atoms with Crippen molar-refractivity contribution in [3.63, 3.8) is 0 Å². The quantitative estimate of drug-likeness (QED) is 0.833. The Morgan fingerprint density at radius 3 is 3.00 bits per heavy atom. The van der Waals surface area contributed by atoms with Gasteiger partial charge in [0.2, 0.25) is 5.91 Å². The largest absolute Gasteiger partial charge is 0.351 e. The fraction of sp³-hybridized carbons (Fsp3) is 0.417. The molecule has 0 spiro atoms. The van der Waals surface area contributed by atoms with Gasteiger partial charge in [-0.1, -0.05) is 23.7 Å². The Morgan fingerprint density at radius 2 is 2.35 bits per heavy atom. The highest BCUT2D eigenvalue weighted by atomic mass is 35.5. The van der Waals surface area contributed by atoms with Crippen molar-refractivity contribution in [1.29, 1.82) is 0 Å². The molecule has 1 aromatic carbocycles. The van der Waals surface area contributed by atoms with Crippen molar-refractivity contribution in [2.45, 2.75) is 19.0 Å². The van der Waals surface area contributed by atoms with Crippen LogP contribution in [0.2, 0.25) is 5.02 Å². The van der Waals surface area contributed by atoms with Crippen LogP contribution in [0, 0.1) is 0 Å². The van der Waals surface area contributed by atoms with Crippen LogP contribution in [0.15, 0.2) is 24.3 Å². The van der Waals surface area contributed by atoms with Crippen LogP contribution in [0.3, 0.4) is 0 Å². The minimum atomic E-state index is -0.429. The Hall–Kier alpha value is -0.710. The lowest BCUT2D eigenvalue weighted by molar-refractivity contribution is -0.122. The third-order valence-electron chi connectivity index (χ3n) is 2.33. The molecule has 1 atom stereocenters. The van der Waals surface area contributed by atoms with Crippen molar-refractivity contribution >= 4 is 29.3 Å². The lowest BCUT2D eigenvalue weighted by Crippen LogP contribution is -2.40. The van der Waals surface area contributed by atoms with Gasteiger partial charge in [0.1, 0.15) is 0 Å². The number of rotatable bonds is 6. The molecule has 1 aromatic rings. The summed E-state index contributed by atoms with van der Waals surface area (Å²) in [5.74, 6) is 0.783. The lowest BCUT2D eigenvalue weighted by atomic mass is 10.2. The standard InChI is InChI=1S/C12H17ClN2OS/c1-17-6-5-11(14)12(16)15-8-9-3-2-4-10(13)7-9/h2-4,7,11H,5-6,8,14H2,1H3,(H,15,16)/t11-/m0/s1. The number of hydrogen-bond donors (Lipinski definition) is 2. The van der Waals surface area contributed by atoms with E-state index < -0.39 is 6.04 Å². The van der Waals surface area contributed by atoms with E-state index in [1.165, 1.54) is 0 Å². The van der Waals surface area contributed by atoms with E-state index in [9.17, 15) is 4.79 Å². The normalized spacial score (nSPS) is 12.2. The van der Waals surface area contributed by atoms with Gasteiger partial charge in [0.05, 0.1) is 6.04 Å². The summed E-state index contributed by atoms with van der Waals surface area (Å²) in [6.45, 7) is 0.465. The molecule has 17 heavy (non-hydrogen) atoms. The van der Waals surface area contributed by atoms with Gasteiger partial charge in [-0.2, -0.15) is 11.8 Å². The molecule has 0 aliphatic carbocycles. The number of halogens is 1. The minimum absolute atomic E-state index is 0.112. The number of hydrogen-bond acceptors (Lipinski definition) is 3. The SMILES string of the molecule is CSCC[C@H](N)C(=O)NCc1cccc(Cl)c1. The first-order valence-electron chi connectivity index (χ1n) is 5.40. The Kier molecular flexibility index (Phi) is 6.40. The van der Waals surface area contributed by atoms with Crippen molar-refractivity contribution < 1.29 is 4.79 Å². The number of carbonyl (C=O) groups is 1. The second kappa shape index (κ2) is 7.58. The van der Waals surface area contributed by atoms with Crippen LogP contribution in [0.1, 0.15) is 12.0 Å². The highest BCUT2D eigenvalue weighted by molar-refractivity contribution is 7.98. The van der Waals surface area contributed by atoms with Gasteiger partial charge in [0.25, 0.3) is 0 Å². The van der Waals surface area contributed by atoms with Crippen LogP contribution < -0.4 is 11.1 Å². The van der Waals surface area contributed by atoms with Gasteiger partial charge in [-0.15, -0.1) is 0 Å². The van der Waals surface area contributed by atoms with Gasteiger partial charge >= 0.3 is 0 Å². The lowest BCUT2D eigenvalue weighted by Gasteiger charge is -2.11. The highest BCUT2D eigenvalue weighted by Gasteiger charge is 2.11. The van der Waals surface area contributed by atoms with Crippen molar-refractivity contribution in [2.24, 2.45) is 5.73 Å². The Balaban J connectivity index is 2.37. The van der Waals surface area contributed by atoms with Crippen LogP contribution >= 0.6 is 23.4 Å². The molecular formula is C12H17ClN2OS. The first kappa shape index (κ1) is 14.4. The summed E-state index contributed by atoms with van der Waals surface area (Å²) >= 11 is 7.54. The van der Waals surface area contributed by atoms with E-state index >= 15 is 0 Å². The summed E-state index contributed by atoms with van der Waals surface area (Å²) in [7, 11) is 0. The van der Waals surface area contributed by atoms with Crippen LogP contribution in [0.5, 0.6) is 0 Å². The van der Waals surface area contributed by atoms with Gasteiger partial charge in [0, 0.05) is 11.6 Å². The second-order valence-corrected chi connectivity index (χ2v) is 5.16. The maximum atomic E-state index is 11.6. The van der Waals surface area contributed by atoms with E-state index in [-0.39, 0.29) is 5.91 Å². The first-order valence-corrected chi connectivity index (χ1v) is 7.17. The maximum absolute atomic E-state index is 11.6. The zero-order valence-electron chi connectivity index (χ0n) is 9.78. The zero-order chi connectivity index (χ0) is 12.7. The molecule has 0 aromatic heterocycles. The third kappa shape index (κ3) is 5.44. The second-order valence-electron chi connectivity index (χ2n) is 3.74. The topological polar surface area (TPSA) is 55.1 Å². The molecule has 0 heterocycles. The van der Waals surface area contributed by atoms with E-state index in [1.54, 1.807) is 17.8 Å². The molecule has 1 rings (SSSR count). The predicted molar refractivity (Wildman–Crippen MR) is 74.3 cm³/mol. The Labute approximate surface area is 111 Å². The summed E-state index contributed by atoms with van der Waals surface area (Å²) in [5.41, 5.74) is 6.72. The van der Waals surface area contributed by atoms with Gasteiger partial charge in [-0.3, -0.25) is 4.79 Å². The molecule has 0 fully saturated rings. The van der Waals surface area contributed by atoms with Gasteiger partial charge < -0.3 is 11.1 Å². The van der Waals surface area contributed by atoms with E-state index in [4.69, 9.17) is 17.3 Å². The number of benzene rings is 1. The van der Waals surface area contributed by atoms with Crippen LogP contribution in [-0.4, -0.2) is 24.0 Å². The molecule has 94 valence electrons. The molecule has 3 nitrogen and oxygen atoms in total. The molecule has 0 saturated heterocycles. The Morgan fingerprint density at radius 1 is 1.59 bits per heavy atom. The first-order chi connectivity index (χ1) is 8.13. The van der Waals surface area contributed by atoms with Crippen LogP contribution in [0.25, 0.3) is 0 Å². The summed E-state index contributed by atoms with van der Waals surface area (Å²) < 4.78 is 0. The van der Waals surface area contributed by atoms with Crippen molar-refractivity contribution in [3.05, 3.63) is 34.9 Å². The van der Waals surface area contributed by atoms with Crippen LogP contribution in [0.4, 0.5) is 0 Å². The molecule has 5 heteroatoms. The fourth-order valence-corrected chi connectivity index (χ4v) is 2.05. The third-order valence-corrected chi connectivity index (χ3v) is 3.20. The molecule has 0 radical (unpaired) electrons. The average Bonchev–Trinajstić information content (AvgIpc) is 2.33. The number of thioether (sulfide) groups is 1. The maximum Gasteiger partial charge on any atom is 0.237 e. The summed E-state index contributed by atoms with van der Waals surface area (Å²) in [6, 6.07) is 6.98. The van der Waals surface area contributed by atoms with Crippen molar-refractivity contribution in [1.82, 2.24) is 5.32 Å². The van der Waals surface area contributed by atoms with E-state index in [2.05, 4.69) is 5.32 Å². The minimum Gasteiger partial charge on any atom is -0.351 e. The van der Waals surface area contributed by atoms with Gasteiger partial charge in [-0.05, 0) is 36.1 Å². The van der Waals surface area contributed by atoms with Gasteiger partial charge in [-0.25, -0.2) is 0 Å². The summed E-state index contributed by atoms with van der Waals surface area (Å²) in [6.07, 6.45) is 2.69. The molecule has 1 amide bonds. The number of amides is 1. The molecule has 0 unspecified atom stereocenters. The number of carbonyl (C=O) groups excluding carboxylic acids is 1. The summed E-state index contributed by atoms with van der Waals surface area (Å²) in [4.78, 5) is 11.6. The molecule has 0 bridgehead atoms. The smallest absolute Gasteiger partial charge is 0.237 e.